The summed E-state index contributed by atoms with van der Waals surface area (Å²) in [7, 11) is 0. The molecule has 4 aromatic rings. The van der Waals surface area contributed by atoms with Crippen molar-refractivity contribution in [3.63, 3.8) is 0 Å². The zero-order chi connectivity index (χ0) is 22.3. The van der Waals surface area contributed by atoms with Crippen LogP contribution in [0.2, 0.25) is 0 Å². The topological polar surface area (TPSA) is 136 Å². The van der Waals surface area contributed by atoms with Gasteiger partial charge in [0.25, 0.3) is 5.91 Å². The maximum absolute atomic E-state index is 12.3. The molecule has 3 heterocycles. The number of benzene rings is 1. The Morgan fingerprint density at radius 1 is 1.25 bits per heavy atom. The summed E-state index contributed by atoms with van der Waals surface area (Å²) in [6.07, 6.45) is 1.52. The molecule has 0 radical (unpaired) electrons. The normalized spacial score (nSPS) is 10.5. The molecule has 0 aliphatic rings. The van der Waals surface area contributed by atoms with Gasteiger partial charge in [-0.15, -0.1) is 0 Å². The average molecular weight is 448 g/mol. The van der Waals surface area contributed by atoms with Gasteiger partial charge >= 0.3 is 5.97 Å². The van der Waals surface area contributed by atoms with Gasteiger partial charge in [-0.2, -0.15) is 26.7 Å². The number of nitrogens with zero attached hydrogens (tertiary/aromatic N) is 5. The standard InChI is InChI=1S/C21H16N6O4S/c22-10-15-11-23-27(16-4-2-1-3-5-16)21(15)24-17(28)12-30-19(29)7-6-18-25-20(26-31-18)14-8-9-32-13-14/h1-5,8-9,11,13H,6-7,12H2,(H,24,28). The summed E-state index contributed by atoms with van der Waals surface area (Å²) in [5.41, 5.74) is 1.70. The van der Waals surface area contributed by atoms with E-state index in [2.05, 4.69) is 20.6 Å². The van der Waals surface area contributed by atoms with Crippen LogP contribution in [0.25, 0.3) is 17.1 Å². The number of nitrogens with one attached hydrogen (secondary N) is 1. The molecule has 10 nitrogen and oxygen atoms in total. The summed E-state index contributed by atoms with van der Waals surface area (Å²) >= 11 is 1.52. The Morgan fingerprint density at radius 2 is 2.09 bits per heavy atom. The summed E-state index contributed by atoms with van der Waals surface area (Å²) in [4.78, 5) is 28.5. The van der Waals surface area contributed by atoms with E-state index in [0.717, 1.165) is 5.56 Å². The van der Waals surface area contributed by atoms with Crippen LogP contribution in [0.15, 0.2) is 57.9 Å². The van der Waals surface area contributed by atoms with Gasteiger partial charge in [0.15, 0.2) is 12.4 Å². The first kappa shape index (κ1) is 21.0. The molecule has 0 atom stereocenters. The third-order valence-electron chi connectivity index (χ3n) is 4.30. The molecule has 0 unspecified atom stereocenters. The van der Waals surface area contributed by atoms with Gasteiger partial charge in [-0.1, -0.05) is 23.4 Å². The highest BCUT2D eigenvalue weighted by Gasteiger charge is 2.17. The fraction of sp³-hybridized carbons (Fsp3) is 0.143. The SMILES string of the molecule is N#Cc1cnn(-c2ccccc2)c1NC(=O)COC(=O)CCc1nc(-c2ccsc2)no1. The molecule has 1 N–H and O–H groups in total. The summed E-state index contributed by atoms with van der Waals surface area (Å²) < 4.78 is 11.6. The van der Waals surface area contributed by atoms with Gasteiger partial charge < -0.3 is 14.6 Å². The lowest BCUT2D eigenvalue weighted by Crippen LogP contribution is -2.23. The monoisotopic (exact) mass is 448 g/mol. The second kappa shape index (κ2) is 9.67. The van der Waals surface area contributed by atoms with Gasteiger partial charge in [-0.3, -0.25) is 9.59 Å². The van der Waals surface area contributed by atoms with Crippen molar-refractivity contribution in [1.29, 1.82) is 5.26 Å². The van der Waals surface area contributed by atoms with Gasteiger partial charge in [0.1, 0.15) is 11.6 Å². The van der Waals surface area contributed by atoms with Crippen LogP contribution in [0.5, 0.6) is 0 Å². The fourth-order valence-electron chi connectivity index (χ4n) is 2.78. The Bertz CT molecular complexity index is 1260. The van der Waals surface area contributed by atoms with E-state index in [1.54, 1.807) is 12.1 Å². The minimum atomic E-state index is -0.593. The molecule has 0 aliphatic carbocycles. The van der Waals surface area contributed by atoms with E-state index in [-0.39, 0.29) is 24.2 Å². The van der Waals surface area contributed by atoms with Crippen molar-refractivity contribution in [1.82, 2.24) is 19.9 Å². The highest BCUT2D eigenvalue weighted by atomic mass is 32.1. The maximum Gasteiger partial charge on any atom is 0.306 e. The van der Waals surface area contributed by atoms with E-state index in [1.165, 1.54) is 22.2 Å². The number of rotatable bonds is 8. The van der Waals surface area contributed by atoms with Crippen LogP contribution in [0.4, 0.5) is 5.82 Å². The third kappa shape index (κ3) is 4.88. The van der Waals surface area contributed by atoms with E-state index in [9.17, 15) is 14.9 Å². The second-order valence-electron chi connectivity index (χ2n) is 6.50. The Kier molecular flexibility index (Phi) is 6.33. The van der Waals surface area contributed by atoms with E-state index in [4.69, 9.17) is 9.26 Å². The fourth-order valence-corrected chi connectivity index (χ4v) is 3.41. The number of thiophene rings is 1. The number of aromatic nitrogens is 4. The molecule has 3 aromatic heterocycles. The third-order valence-corrected chi connectivity index (χ3v) is 4.99. The number of aryl methyl sites for hydroxylation is 1. The molecule has 160 valence electrons. The number of esters is 1. The molecule has 1 amide bonds. The molecule has 0 saturated carbocycles. The second-order valence-corrected chi connectivity index (χ2v) is 7.28. The number of anilines is 1. The largest absolute Gasteiger partial charge is 0.456 e. The Morgan fingerprint density at radius 3 is 2.84 bits per heavy atom. The van der Waals surface area contributed by atoms with Gasteiger partial charge in [-0.25, -0.2) is 4.68 Å². The Balaban J connectivity index is 1.30. The summed E-state index contributed by atoms with van der Waals surface area (Å²) in [6, 6.07) is 12.9. The Hall–Kier alpha value is -4.30. The molecule has 0 bridgehead atoms. The molecular formula is C21H16N6O4S. The first-order valence-corrected chi connectivity index (χ1v) is 10.4. The molecule has 0 spiro atoms. The molecule has 0 fully saturated rings. The van der Waals surface area contributed by atoms with Crippen LogP contribution >= 0.6 is 11.3 Å². The van der Waals surface area contributed by atoms with E-state index < -0.39 is 18.5 Å². The van der Waals surface area contributed by atoms with Crippen molar-refractivity contribution in [3.05, 3.63) is 64.8 Å². The number of para-hydroxylation sites is 1. The number of hydrogen-bond acceptors (Lipinski definition) is 9. The number of ether oxygens (including phenoxy) is 1. The van der Waals surface area contributed by atoms with Crippen LogP contribution < -0.4 is 5.32 Å². The number of carbonyl (C=O) groups excluding carboxylic acids is 2. The molecular weight excluding hydrogens is 432 g/mol. The first-order valence-electron chi connectivity index (χ1n) is 9.48. The predicted octanol–water partition coefficient (Wildman–Crippen LogP) is 2.97. The molecule has 0 aliphatic heterocycles. The van der Waals surface area contributed by atoms with Gasteiger partial charge in [0.2, 0.25) is 11.7 Å². The zero-order valence-corrected chi connectivity index (χ0v) is 17.4. The van der Waals surface area contributed by atoms with Crippen molar-refractivity contribution in [2.75, 3.05) is 11.9 Å². The smallest absolute Gasteiger partial charge is 0.306 e. The van der Waals surface area contributed by atoms with Crippen molar-refractivity contribution >= 4 is 29.0 Å². The number of carbonyl (C=O) groups is 2. The minimum Gasteiger partial charge on any atom is -0.456 e. The van der Waals surface area contributed by atoms with Crippen LogP contribution in [-0.2, 0) is 20.7 Å². The number of nitriles is 1. The van der Waals surface area contributed by atoms with Crippen LogP contribution in [0.3, 0.4) is 0 Å². The lowest BCUT2D eigenvalue weighted by molar-refractivity contribution is -0.147. The van der Waals surface area contributed by atoms with E-state index in [1.807, 2.05) is 41.1 Å². The molecule has 1 aromatic carbocycles. The highest BCUT2D eigenvalue weighted by Crippen LogP contribution is 2.20. The lowest BCUT2D eigenvalue weighted by Gasteiger charge is -2.10. The highest BCUT2D eigenvalue weighted by molar-refractivity contribution is 7.08. The van der Waals surface area contributed by atoms with E-state index in [0.29, 0.717) is 17.4 Å². The summed E-state index contributed by atoms with van der Waals surface area (Å²) in [6.45, 7) is -0.506. The molecule has 0 saturated heterocycles. The quantitative estimate of drug-likeness (QED) is 0.406. The number of amides is 1. The Labute approximate surface area is 186 Å². The zero-order valence-electron chi connectivity index (χ0n) is 16.6. The first-order chi connectivity index (χ1) is 15.6. The van der Waals surface area contributed by atoms with Crippen molar-refractivity contribution in [3.8, 4) is 23.1 Å². The van der Waals surface area contributed by atoms with Crippen molar-refractivity contribution < 1.29 is 18.8 Å². The van der Waals surface area contributed by atoms with Crippen LogP contribution in [0.1, 0.15) is 17.9 Å². The van der Waals surface area contributed by atoms with Crippen molar-refractivity contribution in [2.45, 2.75) is 12.8 Å². The van der Waals surface area contributed by atoms with Gasteiger partial charge in [-0.05, 0) is 23.6 Å². The van der Waals surface area contributed by atoms with E-state index >= 15 is 0 Å². The molecule has 11 heteroatoms. The van der Waals surface area contributed by atoms with Gasteiger partial charge in [0, 0.05) is 17.4 Å². The molecule has 32 heavy (non-hydrogen) atoms. The molecule has 4 rings (SSSR count). The predicted molar refractivity (Wildman–Crippen MR) is 114 cm³/mol. The summed E-state index contributed by atoms with van der Waals surface area (Å²) in [5.74, 6) is -0.223. The van der Waals surface area contributed by atoms with Crippen LogP contribution in [-0.4, -0.2) is 38.4 Å². The minimum absolute atomic E-state index is 0.0239. The average Bonchev–Trinajstić information content (AvgIpc) is 3.57. The van der Waals surface area contributed by atoms with Crippen LogP contribution in [0, 0.1) is 11.3 Å². The van der Waals surface area contributed by atoms with Crippen molar-refractivity contribution in [2.24, 2.45) is 0 Å². The number of hydrogen-bond donors (Lipinski definition) is 1. The summed E-state index contributed by atoms with van der Waals surface area (Å²) in [5, 5.41) is 23.7. The lowest BCUT2D eigenvalue weighted by atomic mass is 10.3. The van der Waals surface area contributed by atoms with Gasteiger partial charge in [0.05, 0.1) is 18.3 Å². The maximum atomic E-state index is 12.3.